The van der Waals surface area contributed by atoms with Crippen LogP contribution < -0.4 is 0 Å². The van der Waals surface area contributed by atoms with Gasteiger partial charge >= 0.3 is 0 Å². The van der Waals surface area contributed by atoms with Crippen molar-refractivity contribution in [2.75, 3.05) is 13.1 Å². The first-order valence-corrected chi connectivity index (χ1v) is 4.50. The topological polar surface area (TPSA) is 20.3 Å². The molecular weight excluding hydrogens is 150 g/mol. The Kier molecular flexibility index (Phi) is 3.16. The van der Waals surface area contributed by atoms with Crippen LogP contribution in [0.15, 0.2) is 0 Å². The molecule has 1 unspecified atom stereocenters. The van der Waals surface area contributed by atoms with E-state index in [0.717, 1.165) is 25.9 Å². The molecule has 0 saturated carbocycles. The van der Waals surface area contributed by atoms with Crippen molar-refractivity contribution < 1.29 is 4.79 Å². The molecular formula is C10H14NO. The van der Waals surface area contributed by atoms with Gasteiger partial charge in [0.1, 0.15) is 0 Å². The highest BCUT2D eigenvalue weighted by atomic mass is 16.2. The maximum absolute atomic E-state index is 11.6. The van der Waals surface area contributed by atoms with E-state index in [2.05, 4.69) is 5.92 Å². The maximum atomic E-state index is 11.6. The van der Waals surface area contributed by atoms with Gasteiger partial charge in [-0.05, 0) is 25.7 Å². The third-order valence-corrected chi connectivity index (χ3v) is 2.30. The first-order valence-electron chi connectivity index (χ1n) is 4.50. The van der Waals surface area contributed by atoms with Gasteiger partial charge in [-0.15, -0.1) is 0 Å². The number of rotatable bonds is 2. The number of likely N-dealkylation sites (tertiary alicyclic amines) is 1. The van der Waals surface area contributed by atoms with Gasteiger partial charge in [-0.25, -0.2) is 0 Å². The van der Waals surface area contributed by atoms with Crippen molar-refractivity contribution >= 4 is 5.91 Å². The lowest BCUT2D eigenvalue weighted by molar-refractivity contribution is -0.132. The van der Waals surface area contributed by atoms with Crippen molar-refractivity contribution in [3.05, 3.63) is 6.42 Å². The minimum absolute atomic E-state index is 0.0880. The molecule has 1 aliphatic heterocycles. The summed E-state index contributed by atoms with van der Waals surface area (Å²) in [6.07, 6.45) is 9.87. The van der Waals surface area contributed by atoms with Gasteiger partial charge in [0.05, 0.1) is 5.92 Å². The molecule has 12 heavy (non-hydrogen) atoms. The molecule has 1 heterocycles. The van der Waals surface area contributed by atoms with Crippen LogP contribution >= 0.6 is 0 Å². The van der Waals surface area contributed by atoms with E-state index in [0.29, 0.717) is 6.42 Å². The first kappa shape index (κ1) is 9.12. The van der Waals surface area contributed by atoms with E-state index >= 15 is 0 Å². The summed E-state index contributed by atoms with van der Waals surface area (Å²) in [5.74, 6) is 2.07. The van der Waals surface area contributed by atoms with Crippen molar-refractivity contribution in [1.29, 1.82) is 0 Å². The molecule has 1 rings (SSSR count). The Morgan fingerprint density at radius 3 is 2.58 bits per heavy atom. The summed E-state index contributed by atoms with van der Waals surface area (Å²) >= 11 is 0. The largest absolute Gasteiger partial charge is 0.342 e. The van der Waals surface area contributed by atoms with Crippen LogP contribution in [0.25, 0.3) is 0 Å². The monoisotopic (exact) mass is 164 g/mol. The van der Waals surface area contributed by atoms with Gasteiger partial charge in [-0.3, -0.25) is 4.79 Å². The van der Waals surface area contributed by atoms with Crippen LogP contribution in [0.2, 0.25) is 0 Å². The highest BCUT2D eigenvalue weighted by Gasteiger charge is 2.23. The van der Waals surface area contributed by atoms with Crippen LogP contribution in [0.5, 0.6) is 0 Å². The standard InChI is InChI=1S/C10H14NO/c1-3-9(4-2)10(12)11-7-5-6-8-11/h9H,3,5-8H2,1H3. The van der Waals surface area contributed by atoms with E-state index in [4.69, 9.17) is 6.42 Å². The summed E-state index contributed by atoms with van der Waals surface area (Å²) in [6.45, 7) is 3.66. The fourth-order valence-electron chi connectivity index (χ4n) is 1.50. The quantitative estimate of drug-likeness (QED) is 0.562. The zero-order chi connectivity index (χ0) is 8.97. The third-order valence-electron chi connectivity index (χ3n) is 2.30. The highest BCUT2D eigenvalue weighted by molar-refractivity contribution is 5.81. The zero-order valence-electron chi connectivity index (χ0n) is 7.47. The van der Waals surface area contributed by atoms with Crippen molar-refractivity contribution in [2.24, 2.45) is 5.92 Å². The van der Waals surface area contributed by atoms with E-state index in [1.165, 1.54) is 0 Å². The molecule has 65 valence electrons. The summed E-state index contributed by atoms with van der Waals surface area (Å²) in [5.41, 5.74) is 0. The van der Waals surface area contributed by atoms with Gasteiger partial charge in [0, 0.05) is 13.1 Å². The maximum Gasteiger partial charge on any atom is 0.237 e. The normalized spacial score (nSPS) is 18.8. The van der Waals surface area contributed by atoms with Crippen molar-refractivity contribution in [2.45, 2.75) is 26.2 Å². The molecule has 0 aliphatic carbocycles. The Labute approximate surface area is 73.9 Å². The fourth-order valence-corrected chi connectivity index (χ4v) is 1.50. The van der Waals surface area contributed by atoms with E-state index in [1.54, 1.807) is 0 Å². The van der Waals surface area contributed by atoms with Crippen LogP contribution in [-0.2, 0) is 4.79 Å². The number of hydrogen-bond donors (Lipinski definition) is 0. The van der Waals surface area contributed by atoms with Gasteiger partial charge in [-0.2, -0.15) is 0 Å². The smallest absolute Gasteiger partial charge is 0.237 e. The van der Waals surface area contributed by atoms with E-state index < -0.39 is 0 Å². The second kappa shape index (κ2) is 4.15. The second-order valence-corrected chi connectivity index (χ2v) is 3.14. The van der Waals surface area contributed by atoms with E-state index in [-0.39, 0.29) is 11.8 Å². The average Bonchev–Trinajstić information content (AvgIpc) is 2.58. The Bertz CT molecular complexity index is 198. The molecule has 2 heteroatoms. The number of carbonyl (C=O) groups is 1. The van der Waals surface area contributed by atoms with Crippen LogP contribution in [0.3, 0.4) is 0 Å². The molecule has 0 N–H and O–H groups in total. The molecule has 0 spiro atoms. The van der Waals surface area contributed by atoms with Gasteiger partial charge in [-0.1, -0.05) is 12.8 Å². The van der Waals surface area contributed by atoms with E-state index in [1.807, 2.05) is 11.8 Å². The van der Waals surface area contributed by atoms with Crippen molar-refractivity contribution in [3.63, 3.8) is 0 Å². The fraction of sp³-hybridized carbons (Fsp3) is 0.700. The Morgan fingerprint density at radius 1 is 1.58 bits per heavy atom. The van der Waals surface area contributed by atoms with Crippen molar-refractivity contribution in [3.8, 4) is 5.92 Å². The molecule has 0 aromatic rings. The zero-order valence-corrected chi connectivity index (χ0v) is 7.47. The van der Waals surface area contributed by atoms with Crippen molar-refractivity contribution in [1.82, 2.24) is 4.90 Å². The molecule has 0 aromatic carbocycles. The molecule has 1 amide bonds. The number of carbonyl (C=O) groups excluding carboxylic acids is 1. The summed E-state index contributed by atoms with van der Waals surface area (Å²) in [5, 5.41) is 0. The predicted octanol–water partition coefficient (Wildman–Crippen LogP) is 1.22. The minimum atomic E-state index is -0.303. The number of nitrogens with zero attached hydrogens (tertiary/aromatic N) is 1. The predicted molar refractivity (Wildman–Crippen MR) is 46.7 cm³/mol. The molecule has 2 nitrogen and oxygen atoms in total. The first-order chi connectivity index (χ1) is 5.79. The molecule has 1 radical (unpaired) electrons. The van der Waals surface area contributed by atoms with Gasteiger partial charge in [0.2, 0.25) is 5.91 Å². The van der Waals surface area contributed by atoms with Gasteiger partial charge < -0.3 is 4.90 Å². The minimum Gasteiger partial charge on any atom is -0.342 e. The van der Waals surface area contributed by atoms with Gasteiger partial charge in [0.25, 0.3) is 0 Å². The summed E-state index contributed by atoms with van der Waals surface area (Å²) in [6, 6.07) is 0. The van der Waals surface area contributed by atoms with Crippen LogP contribution in [-0.4, -0.2) is 23.9 Å². The molecule has 1 saturated heterocycles. The lowest BCUT2D eigenvalue weighted by Gasteiger charge is -2.18. The molecule has 1 fully saturated rings. The van der Waals surface area contributed by atoms with E-state index in [9.17, 15) is 4.79 Å². The summed E-state index contributed by atoms with van der Waals surface area (Å²) in [7, 11) is 0. The Hall–Kier alpha value is -0.970. The molecule has 0 bridgehead atoms. The molecule has 1 aliphatic rings. The van der Waals surface area contributed by atoms with Crippen LogP contribution in [0, 0.1) is 18.3 Å². The summed E-state index contributed by atoms with van der Waals surface area (Å²) in [4.78, 5) is 13.4. The third kappa shape index (κ3) is 1.79. The number of hydrogen-bond acceptors (Lipinski definition) is 1. The van der Waals surface area contributed by atoms with Gasteiger partial charge in [0.15, 0.2) is 0 Å². The second-order valence-electron chi connectivity index (χ2n) is 3.14. The SMILES string of the molecule is [C]#CC(CC)C(=O)N1CCCC1. The lowest BCUT2D eigenvalue weighted by Crippen LogP contribution is -2.32. The van der Waals surface area contributed by atoms with Crippen LogP contribution in [0.4, 0.5) is 0 Å². The summed E-state index contributed by atoms with van der Waals surface area (Å²) < 4.78 is 0. The molecule has 0 aromatic heterocycles. The highest BCUT2D eigenvalue weighted by Crippen LogP contribution is 2.13. The van der Waals surface area contributed by atoms with Crippen LogP contribution in [0.1, 0.15) is 26.2 Å². The Balaban J connectivity index is 2.51. The average molecular weight is 164 g/mol. The number of amides is 1. The molecule has 1 atom stereocenters. The Morgan fingerprint density at radius 2 is 2.17 bits per heavy atom. The lowest BCUT2D eigenvalue weighted by atomic mass is 10.1.